The molecule has 0 bridgehead atoms. The molecule has 22 heavy (non-hydrogen) atoms. The lowest BCUT2D eigenvalue weighted by atomic mass is 10.0. The lowest BCUT2D eigenvalue weighted by molar-refractivity contribution is -0.274. The van der Waals surface area contributed by atoms with Crippen LogP contribution in [0.15, 0.2) is 30.5 Å². The average molecular weight is 315 g/mol. The minimum atomic E-state index is -4.98. The number of nitrogens with zero attached hydrogens (tertiary/aromatic N) is 1. The van der Waals surface area contributed by atoms with Gasteiger partial charge in [-0.1, -0.05) is 6.07 Å². The zero-order valence-corrected chi connectivity index (χ0v) is 11.1. The Bertz CT molecular complexity index is 701. The summed E-state index contributed by atoms with van der Waals surface area (Å²) in [7, 11) is 1.28. The van der Waals surface area contributed by atoms with E-state index in [1.165, 1.54) is 13.2 Å². The summed E-state index contributed by atoms with van der Waals surface area (Å²) in [6.45, 7) is 0. The van der Waals surface area contributed by atoms with Crippen LogP contribution in [0.1, 0.15) is 10.4 Å². The Kier molecular flexibility index (Phi) is 4.30. The molecule has 0 radical (unpaired) electrons. The number of carbonyl (C=O) groups is 1. The number of halogens is 4. The maximum Gasteiger partial charge on any atom is 0.573 e. The number of carbonyl (C=O) groups excluding carboxylic acids is 1. The molecule has 1 aromatic carbocycles. The monoisotopic (exact) mass is 315 g/mol. The van der Waals surface area contributed by atoms with Crippen molar-refractivity contribution in [3.8, 4) is 22.8 Å². The number of aromatic nitrogens is 1. The van der Waals surface area contributed by atoms with Crippen molar-refractivity contribution in [3.63, 3.8) is 0 Å². The Balaban J connectivity index is 2.61. The number of ether oxygens (including phenoxy) is 2. The van der Waals surface area contributed by atoms with E-state index in [1.807, 2.05) is 0 Å². The Morgan fingerprint density at radius 1 is 1.18 bits per heavy atom. The van der Waals surface area contributed by atoms with Crippen LogP contribution in [0.25, 0.3) is 11.1 Å². The third-order valence-electron chi connectivity index (χ3n) is 2.70. The molecule has 0 saturated carbocycles. The molecule has 0 saturated heterocycles. The van der Waals surface area contributed by atoms with E-state index in [0.29, 0.717) is 6.29 Å². The second-order valence-corrected chi connectivity index (χ2v) is 4.13. The van der Waals surface area contributed by atoms with E-state index < -0.39 is 17.9 Å². The highest BCUT2D eigenvalue weighted by molar-refractivity contribution is 5.80. The quantitative estimate of drug-likeness (QED) is 0.639. The molecular weight excluding hydrogens is 306 g/mol. The predicted octanol–water partition coefficient (Wildman–Crippen LogP) is 3.61. The third kappa shape index (κ3) is 3.51. The highest BCUT2D eigenvalue weighted by Gasteiger charge is 2.32. The van der Waals surface area contributed by atoms with Crippen molar-refractivity contribution in [2.45, 2.75) is 6.36 Å². The van der Waals surface area contributed by atoms with E-state index in [0.717, 1.165) is 24.4 Å². The highest BCUT2D eigenvalue weighted by atomic mass is 19.4. The van der Waals surface area contributed by atoms with Gasteiger partial charge >= 0.3 is 6.36 Å². The minimum absolute atomic E-state index is 0.0221. The molecule has 0 atom stereocenters. The number of methoxy groups -OCH3 is 1. The van der Waals surface area contributed by atoms with Gasteiger partial charge in [-0.25, -0.2) is 9.37 Å². The van der Waals surface area contributed by atoms with E-state index >= 15 is 0 Å². The number of alkyl halides is 3. The van der Waals surface area contributed by atoms with Gasteiger partial charge in [0.2, 0.25) is 5.88 Å². The van der Waals surface area contributed by atoms with Crippen molar-refractivity contribution in [3.05, 3.63) is 41.8 Å². The van der Waals surface area contributed by atoms with Gasteiger partial charge in [-0.15, -0.1) is 13.2 Å². The van der Waals surface area contributed by atoms with E-state index in [4.69, 9.17) is 4.74 Å². The summed E-state index contributed by atoms with van der Waals surface area (Å²) in [5.74, 6) is -1.52. The molecule has 0 unspecified atom stereocenters. The fourth-order valence-electron chi connectivity index (χ4n) is 1.78. The number of rotatable bonds is 4. The fourth-order valence-corrected chi connectivity index (χ4v) is 1.78. The van der Waals surface area contributed by atoms with Gasteiger partial charge in [0.15, 0.2) is 0 Å². The maximum atomic E-state index is 13.9. The molecule has 0 N–H and O–H groups in total. The summed E-state index contributed by atoms with van der Waals surface area (Å²) >= 11 is 0. The molecule has 1 aromatic heterocycles. The molecule has 0 spiro atoms. The Morgan fingerprint density at radius 3 is 2.50 bits per heavy atom. The molecular formula is C14H9F4NO3. The molecule has 116 valence electrons. The molecule has 0 amide bonds. The molecule has 0 aliphatic heterocycles. The molecule has 1 heterocycles. The van der Waals surface area contributed by atoms with Crippen molar-refractivity contribution in [1.29, 1.82) is 0 Å². The summed E-state index contributed by atoms with van der Waals surface area (Å²) in [6, 6.07) is 4.41. The van der Waals surface area contributed by atoms with E-state index in [1.54, 1.807) is 0 Å². The number of hydrogen-bond donors (Lipinski definition) is 0. The number of benzene rings is 1. The maximum absolute atomic E-state index is 13.9. The van der Waals surface area contributed by atoms with Crippen LogP contribution in [0.2, 0.25) is 0 Å². The number of hydrogen-bond acceptors (Lipinski definition) is 4. The van der Waals surface area contributed by atoms with Gasteiger partial charge in [-0.2, -0.15) is 0 Å². The lowest BCUT2D eigenvalue weighted by Crippen LogP contribution is -2.18. The largest absolute Gasteiger partial charge is 0.573 e. The third-order valence-corrected chi connectivity index (χ3v) is 2.70. The normalized spacial score (nSPS) is 11.1. The minimum Gasteiger partial charge on any atom is -0.481 e. The van der Waals surface area contributed by atoms with E-state index in [2.05, 4.69) is 9.72 Å². The SMILES string of the molecule is COc1cc(-c2ccc(C=O)cc2OC(F)(F)F)c(F)cn1. The Morgan fingerprint density at radius 2 is 1.91 bits per heavy atom. The molecule has 0 aliphatic carbocycles. The van der Waals surface area contributed by atoms with Gasteiger partial charge in [0.1, 0.15) is 17.9 Å². The molecule has 2 aromatic rings. The van der Waals surface area contributed by atoms with Crippen LogP contribution in [0.4, 0.5) is 17.6 Å². The van der Waals surface area contributed by atoms with E-state index in [-0.39, 0.29) is 22.6 Å². The fraction of sp³-hybridized carbons (Fsp3) is 0.143. The first-order valence-electron chi connectivity index (χ1n) is 5.89. The summed E-state index contributed by atoms with van der Waals surface area (Å²) in [6.07, 6.45) is -3.81. The zero-order chi connectivity index (χ0) is 16.3. The van der Waals surface area contributed by atoms with Crippen molar-refractivity contribution in [1.82, 2.24) is 4.98 Å². The number of aldehydes is 1. The van der Waals surface area contributed by atoms with E-state index in [9.17, 15) is 22.4 Å². The molecule has 0 fully saturated rings. The van der Waals surface area contributed by atoms with Gasteiger partial charge < -0.3 is 9.47 Å². The van der Waals surface area contributed by atoms with Crippen LogP contribution in [-0.2, 0) is 0 Å². The Hall–Kier alpha value is -2.64. The van der Waals surface area contributed by atoms with Crippen LogP contribution in [-0.4, -0.2) is 24.7 Å². The van der Waals surface area contributed by atoms with Crippen molar-refractivity contribution >= 4 is 6.29 Å². The molecule has 0 aliphatic rings. The predicted molar refractivity (Wildman–Crippen MR) is 68.3 cm³/mol. The highest BCUT2D eigenvalue weighted by Crippen LogP contribution is 2.36. The van der Waals surface area contributed by atoms with Gasteiger partial charge in [0.05, 0.1) is 13.3 Å². The van der Waals surface area contributed by atoms with Crippen molar-refractivity contribution < 1.29 is 31.8 Å². The lowest BCUT2D eigenvalue weighted by Gasteiger charge is -2.14. The topological polar surface area (TPSA) is 48.4 Å². The smallest absolute Gasteiger partial charge is 0.481 e. The zero-order valence-electron chi connectivity index (χ0n) is 11.1. The average Bonchev–Trinajstić information content (AvgIpc) is 2.46. The molecule has 2 rings (SSSR count). The van der Waals surface area contributed by atoms with Crippen molar-refractivity contribution in [2.75, 3.05) is 7.11 Å². The molecule has 8 heteroatoms. The summed E-state index contributed by atoms with van der Waals surface area (Å²) in [4.78, 5) is 14.3. The van der Waals surface area contributed by atoms with Crippen LogP contribution >= 0.6 is 0 Å². The first-order chi connectivity index (χ1) is 10.3. The van der Waals surface area contributed by atoms with Crippen LogP contribution < -0.4 is 9.47 Å². The van der Waals surface area contributed by atoms with Crippen LogP contribution in [0.3, 0.4) is 0 Å². The van der Waals surface area contributed by atoms with Crippen LogP contribution in [0, 0.1) is 5.82 Å². The molecule has 4 nitrogen and oxygen atoms in total. The van der Waals surface area contributed by atoms with Gasteiger partial charge in [-0.05, 0) is 12.1 Å². The second-order valence-electron chi connectivity index (χ2n) is 4.13. The van der Waals surface area contributed by atoms with Gasteiger partial charge in [0, 0.05) is 22.8 Å². The first-order valence-corrected chi connectivity index (χ1v) is 5.89. The van der Waals surface area contributed by atoms with Crippen molar-refractivity contribution in [2.24, 2.45) is 0 Å². The standard InChI is InChI=1S/C14H9F4NO3/c1-21-13-5-10(11(15)6-19-13)9-3-2-8(7-20)4-12(9)22-14(16,17)18/h2-7H,1H3. The van der Waals surface area contributed by atoms with Gasteiger partial charge in [-0.3, -0.25) is 4.79 Å². The second kappa shape index (κ2) is 6.00. The summed E-state index contributed by atoms with van der Waals surface area (Å²) in [5.41, 5.74) is -0.408. The van der Waals surface area contributed by atoms with Crippen LogP contribution in [0.5, 0.6) is 11.6 Å². The Labute approximate surface area is 122 Å². The summed E-state index contributed by atoms with van der Waals surface area (Å²) in [5, 5.41) is 0. The number of pyridine rings is 1. The van der Waals surface area contributed by atoms with Gasteiger partial charge in [0.25, 0.3) is 0 Å². The first kappa shape index (κ1) is 15.7. The summed E-state index contributed by atoms with van der Waals surface area (Å²) < 4.78 is 60.0.